The highest BCUT2D eigenvalue weighted by atomic mass is 79.9. The van der Waals surface area contributed by atoms with Crippen molar-refractivity contribution < 1.29 is 9.59 Å². The van der Waals surface area contributed by atoms with Gasteiger partial charge in [-0.25, -0.2) is 0 Å². The number of benzene rings is 1. The molecule has 86 valence electrons. The van der Waals surface area contributed by atoms with Gasteiger partial charge in [0.1, 0.15) is 5.78 Å². The van der Waals surface area contributed by atoms with Gasteiger partial charge in [-0.2, -0.15) is 0 Å². The Labute approximate surface area is 107 Å². The highest BCUT2D eigenvalue weighted by Gasteiger charge is 2.06. The molecule has 3 nitrogen and oxygen atoms in total. The van der Waals surface area contributed by atoms with Gasteiger partial charge in [0.2, 0.25) is 5.91 Å². The summed E-state index contributed by atoms with van der Waals surface area (Å²) in [6.07, 6.45) is 0.460. The number of Topliss-reactive ketones (excluding diaryl/α,β-unsaturated/α-hetero) is 1. The van der Waals surface area contributed by atoms with Crippen molar-refractivity contribution in [3.05, 3.63) is 27.7 Å². The molecule has 1 rings (SSSR count). The van der Waals surface area contributed by atoms with Gasteiger partial charge in [0.25, 0.3) is 0 Å². The van der Waals surface area contributed by atoms with E-state index in [9.17, 15) is 9.59 Å². The average Bonchev–Trinajstić information content (AvgIpc) is 2.19. The summed E-state index contributed by atoms with van der Waals surface area (Å²) in [5.41, 5.74) is 0.651. The van der Waals surface area contributed by atoms with Gasteiger partial charge < -0.3 is 10.1 Å². The van der Waals surface area contributed by atoms with Crippen LogP contribution in [0.5, 0.6) is 0 Å². The molecule has 0 saturated heterocycles. The molecular weight excluding hydrogens is 293 g/mol. The summed E-state index contributed by atoms with van der Waals surface area (Å²) in [7, 11) is 0. The number of halogens is 2. The molecule has 16 heavy (non-hydrogen) atoms. The lowest BCUT2D eigenvalue weighted by Gasteiger charge is -2.06. The summed E-state index contributed by atoms with van der Waals surface area (Å²) in [5, 5.41) is 3.29. The Morgan fingerprint density at radius 1 is 1.38 bits per heavy atom. The third kappa shape index (κ3) is 4.33. The Hall–Kier alpha value is -0.870. The molecule has 0 atom stereocenters. The van der Waals surface area contributed by atoms with Crippen LogP contribution in [0.15, 0.2) is 22.7 Å². The number of carbonyl (C=O) groups is 2. The second-order valence-electron chi connectivity index (χ2n) is 3.37. The molecule has 1 aromatic carbocycles. The fraction of sp³-hybridized carbons (Fsp3) is 0.273. The minimum Gasteiger partial charge on any atom is -0.325 e. The molecule has 0 saturated carbocycles. The lowest BCUT2D eigenvalue weighted by Crippen LogP contribution is -2.12. The van der Waals surface area contributed by atoms with Gasteiger partial charge in [-0.15, -0.1) is 0 Å². The van der Waals surface area contributed by atoms with Gasteiger partial charge in [-0.3, -0.25) is 4.79 Å². The van der Waals surface area contributed by atoms with Gasteiger partial charge >= 0.3 is 0 Å². The number of amides is 1. The number of hydrogen-bond donors (Lipinski definition) is 1. The van der Waals surface area contributed by atoms with E-state index in [0.717, 1.165) is 4.47 Å². The first-order valence-electron chi connectivity index (χ1n) is 4.73. The Kier molecular flexibility index (Phi) is 4.96. The number of carbonyl (C=O) groups excluding carboxylic acids is 2. The second-order valence-corrected chi connectivity index (χ2v) is 4.67. The number of hydrogen-bond acceptors (Lipinski definition) is 2. The number of nitrogens with one attached hydrogen (secondary N) is 1. The summed E-state index contributed by atoms with van der Waals surface area (Å²) < 4.78 is 0.719. The van der Waals surface area contributed by atoms with Gasteiger partial charge in [0, 0.05) is 22.3 Å². The van der Waals surface area contributed by atoms with Crippen molar-refractivity contribution >= 4 is 44.9 Å². The van der Waals surface area contributed by atoms with Crippen LogP contribution >= 0.6 is 27.5 Å². The predicted octanol–water partition coefficient (Wildman–Crippen LogP) is 3.41. The topological polar surface area (TPSA) is 46.2 Å². The van der Waals surface area contributed by atoms with Crippen molar-refractivity contribution in [2.75, 3.05) is 5.32 Å². The van der Waals surface area contributed by atoms with Crippen LogP contribution < -0.4 is 5.32 Å². The van der Waals surface area contributed by atoms with Crippen molar-refractivity contribution in [2.24, 2.45) is 0 Å². The maximum atomic E-state index is 11.4. The number of rotatable bonds is 4. The SMILES string of the molecule is CC(=O)CCC(=O)Nc1ccc(Cl)cc1Br. The molecule has 0 aliphatic heterocycles. The highest BCUT2D eigenvalue weighted by Crippen LogP contribution is 2.25. The van der Waals surface area contributed by atoms with Crippen LogP contribution in [0, 0.1) is 0 Å². The Morgan fingerprint density at radius 2 is 2.06 bits per heavy atom. The first kappa shape index (κ1) is 13.2. The summed E-state index contributed by atoms with van der Waals surface area (Å²) in [6.45, 7) is 1.46. The molecule has 0 aromatic heterocycles. The average molecular weight is 305 g/mol. The molecule has 0 fully saturated rings. The number of anilines is 1. The van der Waals surface area contributed by atoms with Crippen molar-refractivity contribution in [3.63, 3.8) is 0 Å². The summed E-state index contributed by atoms with van der Waals surface area (Å²) in [6, 6.07) is 5.09. The highest BCUT2D eigenvalue weighted by molar-refractivity contribution is 9.10. The Bertz CT molecular complexity index is 420. The van der Waals surface area contributed by atoms with Gasteiger partial charge in [0.05, 0.1) is 5.69 Å². The van der Waals surface area contributed by atoms with Crippen molar-refractivity contribution in [1.82, 2.24) is 0 Å². The third-order valence-electron chi connectivity index (χ3n) is 1.91. The summed E-state index contributed by atoms with van der Waals surface area (Å²) in [4.78, 5) is 22.1. The smallest absolute Gasteiger partial charge is 0.224 e. The summed E-state index contributed by atoms with van der Waals surface area (Å²) in [5.74, 6) is -0.177. The van der Waals surface area contributed by atoms with E-state index >= 15 is 0 Å². The molecule has 0 radical (unpaired) electrons. The first-order valence-corrected chi connectivity index (χ1v) is 5.90. The quantitative estimate of drug-likeness (QED) is 0.926. The molecule has 0 spiro atoms. The fourth-order valence-corrected chi connectivity index (χ4v) is 1.87. The monoisotopic (exact) mass is 303 g/mol. The van der Waals surface area contributed by atoms with Crippen LogP contribution in [0.4, 0.5) is 5.69 Å². The Morgan fingerprint density at radius 3 is 2.62 bits per heavy atom. The van der Waals surface area contributed by atoms with E-state index in [1.165, 1.54) is 6.92 Å². The first-order chi connectivity index (χ1) is 7.49. The standard InChI is InChI=1S/C11H11BrClNO2/c1-7(15)2-5-11(16)14-10-4-3-8(13)6-9(10)12/h3-4,6H,2,5H2,1H3,(H,14,16). The molecule has 0 heterocycles. The fourth-order valence-electron chi connectivity index (χ4n) is 1.09. The Balaban J connectivity index is 2.59. The van der Waals surface area contributed by atoms with Crippen LogP contribution in [0.25, 0.3) is 0 Å². The van der Waals surface area contributed by atoms with Crippen LogP contribution in [0.3, 0.4) is 0 Å². The third-order valence-corrected chi connectivity index (χ3v) is 2.80. The lowest BCUT2D eigenvalue weighted by molar-refractivity contribution is -0.121. The van der Waals surface area contributed by atoms with Crippen molar-refractivity contribution in [2.45, 2.75) is 19.8 Å². The predicted molar refractivity (Wildman–Crippen MR) is 67.7 cm³/mol. The van der Waals surface area contributed by atoms with E-state index in [1.54, 1.807) is 18.2 Å². The maximum Gasteiger partial charge on any atom is 0.224 e. The zero-order valence-corrected chi connectivity index (χ0v) is 11.1. The van der Waals surface area contributed by atoms with Crippen molar-refractivity contribution in [3.8, 4) is 0 Å². The minimum atomic E-state index is -0.182. The van der Waals surface area contributed by atoms with Gasteiger partial charge in [-0.1, -0.05) is 11.6 Å². The zero-order valence-electron chi connectivity index (χ0n) is 8.72. The van der Waals surface area contributed by atoms with E-state index in [-0.39, 0.29) is 24.5 Å². The molecule has 1 amide bonds. The van der Waals surface area contributed by atoms with E-state index in [2.05, 4.69) is 21.2 Å². The van der Waals surface area contributed by atoms with E-state index < -0.39 is 0 Å². The largest absolute Gasteiger partial charge is 0.325 e. The van der Waals surface area contributed by atoms with Crippen molar-refractivity contribution in [1.29, 1.82) is 0 Å². The van der Waals surface area contributed by atoms with E-state index in [4.69, 9.17) is 11.6 Å². The maximum absolute atomic E-state index is 11.4. The van der Waals surface area contributed by atoms with Crippen LogP contribution in [0.1, 0.15) is 19.8 Å². The molecule has 1 aromatic rings. The molecule has 0 aliphatic rings. The molecule has 0 aliphatic carbocycles. The molecule has 5 heteroatoms. The second kappa shape index (κ2) is 6.01. The molecule has 0 bridgehead atoms. The van der Waals surface area contributed by atoms with E-state index in [0.29, 0.717) is 10.7 Å². The zero-order chi connectivity index (χ0) is 12.1. The molecule has 1 N–H and O–H groups in total. The van der Waals surface area contributed by atoms with Crippen LogP contribution in [-0.2, 0) is 9.59 Å². The lowest BCUT2D eigenvalue weighted by atomic mass is 10.2. The van der Waals surface area contributed by atoms with Crippen LogP contribution in [0.2, 0.25) is 5.02 Å². The molecule has 0 unspecified atom stereocenters. The van der Waals surface area contributed by atoms with Gasteiger partial charge in [0.15, 0.2) is 0 Å². The number of ketones is 1. The van der Waals surface area contributed by atoms with Crippen LogP contribution in [-0.4, -0.2) is 11.7 Å². The summed E-state index contributed by atoms with van der Waals surface area (Å²) >= 11 is 9.06. The minimum absolute atomic E-state index is 0.00493. The van der Waals surface area contributed by atoms with Gasteiger partial charge in [-0.05, 0) is 41.1 Å². The normalized spacial score (nSPS) is 9.94. The van der Waals surface area contributed by atoms with E-state index in [1.807, 2.05) is 0 Å². The molecular formula is C11H11BrClNO2.